The Labute approximate surface area is 112 Å². The van der Waals surface area contributed by atoms with Gasteiger partial charge in [-0.25, -0.2) is 0 Å². The molecule has 1 aliphatic carbocycles. The summed E-state index contributed by atoms with van der Waals surface area (Å²) in [4.78, 5) is 11.8. The fourth-order valence-corrected chi connectivity index (χ4v) is 2.58. The number of hydrogen-bond donors (Lipinski definition) is 2. The lowest BCUT2D eigenvalue weighted by atomic mass is 10.1. The Morgan fingerprint density at radius 1 is 1.22 bits per heavy atom. The minimum absolute atomic E-state index is 0.172. The Bertz CT molecular complexity index is 223. The molecule has 1 unspecified atom stereocenters. The quantitative estimate of drug-likeness (QED) is 0.686. The van der Waals surface area contributed by atoms with Crippen LogP contribution in [0.2, 0.25) is 0 Å². The van der Waals surface area contributed by atoms with Gasteiger partial charge in [-0.1, -0.05) is 45.4 Å². The number of nitrogens with one attached hydrogen (secondary N) is 2. The van der Waals surface area contributed by atoms with Crippen molar-refractivity contribution >= 4 is 5.91 Å². The average molecular weight is 254 g/mol. The summed E-state index contributed by atoms with van der Waals surface area (Å²) >= 11 is 0. The molecule has 18 heavy (non-hydrogen) atoms. The van der Waals surface area contributed by atoms with Crippen molar-refractivity contribution in [2.45, 2.75) is 83.7 Å². The van der Waals surface area contributed by atoms with Gasteiger partial charge in [0.25, 0.3) is 0 Å². The highest BCUT2D eigenvalue weighted by molar-refractivity contribution is 5.78. The molecule has 0 radical (unpaired) electrons. The van der Waals surface area contributed by atoms with Crippen molar-refractivity contribution in [3.05, 3.63) is 0 Å². The lowest BCUT2D eigenvalue weighted by Gasteiger charge is -2.18. The molecule has 1 rings (SSSR count). The molecular formula is C15H30N2O. The van der Waals surface area contributed by atoms with Crippen LogP contribution < -0.4 is 10.6 Å². The lowest BCUT2D eigenvalue weighted by molar-refractivity contribution is -0.121. The van der Waals surface area contributed by atoms with E-state index >= 15 is 0 Å². The number of hydrogen-bond acceptors (Lipinski definition) is 2. The maximum atomic E-state index is 11.8. The van der Waals surface area contributed by atoms with Crippen LogP contribution in [0.25, 0.3) is 0 Å². The Morgan fingerprint density at radius 2 is 1.89 bits per heavy atom. The van der Waals surface area contributed by atoms with E-state index in [0.29, 0.717) is 18.6 Å². The SMILES string of the molecule is CCCCC(C)NCC(=O)NC1CCCCCC1. The van der Waals surface area contributed by atoms with Gasteiger partial charge in [-0.05, 0) is 26.2 Å². The molecule has 0 bridgehead atoms. The first-order valence-corrected chi connectivity index (χ1v) is 7.75. The standard InChI is InChI=1S/C15H30N2O/c1-3-4-9-13(2)16-12-15(18)17-14-10-7-5-6-8-11-14/h13-14,16H,3-12H2,1-2H3,(H,17,18). The average Bonchev–Trinajstić information content (AvgIpc) is 2.62. The second-order valence-electron chi connectivity index (χ2n) is 5.68. The maximum absolute atomic E-state index is 11.8. The van der Waals surface area contributed by atoms with E-state index in [1.807, 2.05) is 0 Å². The van der Waals surface area contributed by atoms with Gasteiger partial charge in [0, 0.05) is 12.1 Å². The van der Waals surface area contributed by atoms with Crippen LogP contribution in [0.1, 0.15) is 71.6 Å². The summed E-state index contributed by atoms with van der Waals surface area (Å²) in [5, 5.41) is 6.48. The van der Waals surface area contributed by atoms with Crippen LogP contribution in [0, 0.1) is 0 Å². The monoisotopic (exact) mass is 254 g/mol. The van der Waals surface area contributed by atoms with Gasteiger partial charge >= 0.3 is 0 Å². The summed E-state index contributed by atoms with van der Waals surface area (Å²) in [5.41, 5.74) is 0. The smallest absolute Gasteiger partial charge is 0.234 e. The van der Waals surface area contributed by atoms with Gasteiger partial charge in [-0.3, -0.25) is 4.79 Å². The highest BCUT2D eigenvalue weighted by Crippen LogP contribution is 2.16. The van der Waals surface area contributed by atoms with E-state index in [2.05, 4.69) is 24.5 Å². The van der Waals surface area contributed by atoms with E-state index in [9.17, 15) is 4.79 Å². The first-order chi connectivity index (χ1) is 8.72. The molecule has 106 valence electrons. The molecule has 0 aliphatic heterocycles. The van der Waals surface area contributed by atoms with E-state index < -0.39 is 0 Å². The van der Waals surface area contributed by atoms with E-state index in [4.69, 9.17) is 0 Å². The van der Waals surface area contributed by atoms with Gasteiger partial charge in [0.15, 0.2) is 0 Å². The molecule has 1 aliphatic rings. The third kappa shape index (κ3) is 7.00. The molecule has 3 nitrogen and oxygen atoms in total. The normalized spacial score (nSPS) is 19.2. The minimum atomic E-state index is 0.172. The molecule has 0 aromatic heterocycles. The van der Waals surface area contributed by atoms with Crippen molar-refractivity contribution in [2.75, 3.05) is 6.54 Å². The Kier molecular flexibility index (Phi) is 8.06. The van der Waals surface area contributed by atoms with E-state index in [0.717, 1.165) is 19.3 Å². The highest BCUT2D eigenvalue weighted by atomic mass is 16.1. The minimum Gasteiger partial charge on any atom is -0.352 e. The number of carbonyl (C=O) groups excluding carboxylic acids is 1. The van der Waals surface area contributed by atoms with Gasteiger partial charge in [-0.15, -0.1) is 0 Å². The van der Waals surface area contributed by atoms with Gasteiger partial charge in [0.1, 0.15) is 0 Å². The molecule has 0 saturated heterocycles. The van der Waals surface area contributed by atoms with Crippen LogP contribution in [0.5, 0.6) is 0 Å². The van der Waals surface area contributed by atoms with Crippen molar-refractivity contribution in [1.29, 1.82) is 0 Å². The summed E-state index contributed by atoms with van der Waals surface area (Å²) in [6.07, 6.45) is 11.1. The zero-order chi connectivity index (χ0) is 13.2. The largest absolute Gasteiger partial charge is 0.352 e. The molecule has 1 atom stereocenters. The van der Waals surface area contributed by atoms with E-state index in [1.165, 1.54) is 38.5 Å². The number of carbonyl (C=O) groups is 1. The first-order valence-electron chi connectivity index (χ1n) is 7.75. The maximum Gasteiger partial charge on any atom is 0.234 e. The fraction of sp³-hybridized carbons (Fsp3) is 0.933. The van der Waals surface area contributed by atoms with Crippen LogP contribution >= 0.6 is 0 Å². The Balaban J connectivity index is 2.12. The highest BCUT2D eigenvalue weighted by Gasteiger charge is 2.14. The van der Waals surface area contributed by atoms with Crippen molar-refractivity contribution in [3.63, 3.8) is 0 Å². The second-order valence-corrected chi connectivity index (χ2v) is 5.68. The molecule has 1 amide bonds. The summed E-state index contributed by atoms with van der Waals surface area (Å²) in [6.45, 7) is 4.83. The van der Waals surface area contributed by atoms with Crippen LogP contribution in [0.15, 0.2) is 0 Å². The zero-order valence-corrected chi connectivity index (χ0v) is 12.1. The number of unbranched alkanes of at least 4 members (excludes halogenated alkanes) is 1. The molecule has 0 aromatic rings. The van der Waals surface area contributed by atoms with Crippen LogP contribution in [0.3, 0.4) is 0 Å². The van der Waals surface area contributed by atoms with Crippen molar-refractivity contribution < 1.29 is 4.79 Å². The summed E-state index contributed by atoms with van der Waals surface area (Å²) in [6, 6.07) is 0.873. The third-order valence-electron chi connectivity index (χ3n) is 3.82. The molecule has 0 heterocycles. The zero-order valence-electron chi connectivity index (χ0n) is 12.1. The third-order valence-corrected chi connectivity index (χ3v) is 3.82. The van der Waals surface area contributed by atoms with Gasteiger partial charge < -0.3 is 10.6 Å². The second kappa shape index (κ2) is 9.37. The Morgan fingerprint density at radius 3 is 2.50 bits per heavy atom. The van der Waals surface area contributed by atoms with Gasteiger partial charge in [-0.2, -0.15) is 0 Å². The fourth-order valence-electron chi connectivity index (χ4n) is 2.58. The lowest BCUT2D eigenvalue weighted by Crippen LogP contribution is -2.42. The van der Waals surface area contributed by atoms with Crippen LogP contribution in [-0.4, -0.2) is 24.5 Å². The molecule has 3 heteroatoms. The number of amides is 1. The summed E-state index contributed by atoms with van der Waals surface area (Å²) in [5.74, 6) is 0.172. The molecule has 1 fully saturated rings. The van der Waals surface area contributed by atoms with Gasteiger partial charge in [0.05, 0.1) is 6.54 Å². The van der Waals surface area contributed by atoms with Crippen molar-refractivity contribution in [1.82, 2.24) is 10.6 Å². The molecular weight excluding hydrogens is 224 g/mol. The van der Waals surface area contributed by atoms with Gasteiger partial charge in [0.2, 0.25) is 5.91 Å². The summed E-state index contributed by atoms with van der Waals surface area (Å²) in [7, 11) is 0. The summed E-state index contributed by atoms with van der Waals surface area (Å²) < 4.78 is 0. The Hall–Kier alpha value is -0.570. The number of rotatable bonds is 7. The molecule has 1 saturated carbocycles. The molecule has 2 N–H and O–H groups in total. The predicted molar refractivity (Wildman–Crippen MR) is 76.6 cm³/mol. The van der Waals surface area contributed by atoms with Crippen LogP contribution in [-0.2, 0) is 4.79 Å². The van der Waals surface area contributed by atoms with Crippen molar-refractivity contribution in [2.24, 2.45) is 0 Å². The van der Waals surface area contributed by atoms with E-state index in [-0.39, 0.29) is 5.91 Å². The first kappa shape index (κ1) is 15.5. The van der Waals surface area contributed by atoms with E-state index in [1.54, 1.807) is 0 Å². The van der Waals surface area contributed by atoms with Crippen molar-refractivity contribution in [3.8, 4) is 0 Å². The predicted octanol–water partition coefficient (Wildman–Crippen LogP) is 2.99. The topological polar surface area (TPSA) is 41.1 Å². The van der Waals surface area contributed by atoms with Crippen LogP contribution in [0.4, 0.5) is 0 Å². The molecule has 0 spiro atoms. The molecule has 0 aromatic carbocycles.